The largest absolute Gasteiger partial charge is 0.424 e. The van der Waals surface area contributed by atoms with Crippen LogP contribution in [-0.4, -0.2) is 5.97 Å². The third-order valence-electron chi connectivity index (χ3n) is 1.98. The van der Waals surface area contributed by atoms with Crippen LogP contribution in [0.4, 0.5) is 0 Å². The molecule has 1 aromatic rings. The quantitative estimate of drug-likeness (QED) is 0.662. The van der Waals surface area contributed by atoms with Crippen LogP contribution in [0.5, 0.6) is 0 Å². The van der Waals surface area contributed by atoms with E-state index in [2.05, 4.69) is 0 Å². The number of ether oxygens (including phenoxy) is 1. The van der Waals surface area contributed by atoms with E-state index >= 15 is 0 Å². The number of rotatable bonds is 2. The zero-order chi connectivity index (χ0) is 9.80. The maximum absolute atomic E-state index is 10.7. The Labute approximate surface area is 82.5 Å². The summed E-state index contributed by atoms with van der Waals surface area (Å²) in [6.07, 6.45) is 5.80. The Kier molecular flexibility index (Phi) is 2.45. The van der Waals surface area contributed by atoms with E-state index in [1.165, 1.54) is 11.6 Å². The number of carbonyl (C=O) groups excluding carboxylic acids is 1. The van der Waals surface area contributed by atoms with Gasteiger partial charge in [0.2, 0.25) is 0 Å². The van der Waals surface area contributed by atoms with E-state index in [4.69, 9.17) is 4.74 Å². The third-order valence-corrected chi connectivity index (χ3v) is 1.98. The van der Waals surface area contributed by atoms with Crippen molar-refractivity contribution in [3.8, 4) is 0 Å². The highest BCUT2D eigenvalue weighted by molar-refractivity contribution is 5.86. The molecule has 0 radical (unpaired) electrons. The molecule has 0 aromatic heterocycles. The number of esters is 1. The zero-order valence-electron chi connectivity index (χ0n) is 7.64. The smallest absolute Gasteiger partial charge is 0.336 e. The minimum atomic E-state index is -0.288. The Balaban J connectivity index is 2.01. The molecule has 0 saturated heterocycles. The maximum atomic E-state index is 10.7. The van der Waals surface area contributed by atoms with Gasteiger partial charge in [0.25, 0.3) is 0 Å². The SMILES string of the molecule is O=C1C=C/C(=C\Cc2ccccc2)O1. The molecule has 0 bridgehead atoms. The van der Waals surface area contributed by atoms with Crippen molar-refractivity contribution >= 4 is 5.97 Å². The molecule has 1 aliphatic heterocycles. The fourth-order valence-corrected chi connectivity index (χ4v) is 1.28. The van der Waals surface area contributed by atoms with Gasteiger partial charge >= 0.3 is 5.97 Å². The first-order chi connectivity index (χ1) is 6.84. The van der Waals surface area contributed by atoms with E-state index in [0.29, 0.717) is 5.76 Å². The van der Waals surface area contributed by atoms with Crippen molar-refractivity contribution in [2.24, 2.45) is 0 Å². The minimum absolute atomic E-state index is 0.288. The molecule has 2 nitrogen and oxygen atoms in total. The first kappa shape index (κ1) is 8.75. The lowest BCUT2D eigenvalue weighted by Crippen LogP contribution is -1.91. The molecule has 1 heterocycles. The summed E-state index contributed by atoms with van der Waals surface area (Å²) in [6, 6.07) is 10.0. The molecular weight excluding hydrogens is 176 g/mol. The molecule has 14 heavy (non-hydrogen) atoms. The van der Waals surface area contributed by atoms with Crippen molar-refractivity contribution in [2.45, 2.75) is 6.42 Å². The van der Waals surface area contributed by atoms with Crippen LogP contribution >= 0.6 is 0 Å². The molecule has 0 unspecified atom stereocenters. The van der Waals surface area contributed by atoms with Gasteiger partial charge < -0.3 is 4.74 Å². The van der Waals surface area contributed by atoms with Crippen molar-refractivity contribution in [1.82, 2.24) is 0 Å². The molecule has 1 aliphatic rings. The molecule has 0 aliphatic carbocycles. The Hall–Kier alpha value is -1.83. The predicted octanol–water partition coefficient (Wildman–Crippen LogP) is 2.23. The third kappa shape index (κ3) is 2.10. The van der Waals surface area contributed by atoms with Gasteiger partial charge in [0.1, 0.15) is 5.76 Å². The van der Waals surface area contributed by atoms with Crippen LogP contribution in [0.25, 0.3) is 0 Å². The molecule has 2 heteroatoms. The summed E-state index contributed by atoms with van der Waals surface area (Å²) in [4.78, 5) is 10.7. The second kappa shape index (κ2) is 3.92. The zero-order valence-corrected chi connectivity index (χ0v) is 7.64. The van der Waals surface area contributed by atoms with Crippen LogP contribution in [0, 0.1) is 0 Å². The fourth-order valence-electron chi connectivity index (χ4n) is 1.28. The Morgan fingerprint density at radius 3 is 2.57 bits per heavy atom. The normalized spacial score (nSPS) is 17.4. The van der Waals surface area contributed by atoms with Gasteiger partial charge in [-0.3, -0.25) is 0 Å². The minimum Gasteiger partial charge on any atom is -0.424 e. The second-order valence-corrected chi connectivity index (χ2v) is 3.05. The standard InChI is InChI=1S/C12H10O2/c13-12-9-8-11(14-12)7-6-10-4-2-1-3-5-10/h1-5,7-9H,6H2/b11-7+. The van der Waals surface area contributed by atoms with Crippen LogP contribution in [0.3, 0.4) is 0 Å². The Morgan fingerprint density at radius 2 is 1.93 bits per heavy atom. The van der Waals surface area contributed by atoms with Crippen LogP contribution < -0.4 is 0 Å². The molecule has 0 atom stereocenters. The highest BCUT2D eigenvalue weighted by atomic mass is 16.5. The van der Waals surface area contributed by atoms with Crippen molar-refractivity contribution in [3.63, 3.8) is 0 Å². The highest BCUT2D eigenvalue weighted by Gasteiger charge is 2.07. The summed E-state index contributed by atoms with van der Waals surface area (Å²) >= 11 is 0. The number of carbonyl (C=O) groups is 1. The number of hydrogen-bond donors (Lipinski definition) is 0. The lowest BCUT2D eigenvalue weighted by molar-refractivity contribution is -0.132. The molecule has 70 valence electrons. The van der Waals surface area contributed by atoms with Gasteiger partial charge in [-0.05, 0) is 24.1 Å². The van der Waals surface area contributed by atoms with Gasteiger partial charge in [0.15, 0.2) is 0 Å². The fraction of sp³-hybridized carbons (Fsp3) is 0.0833. The van der Waals surface area contributed by atoms with Gasteiger partial charge in [-0.15, -0.1) is 0 Å². The number of benzene rings is 1. The summed E-state index contributed by atoms with van der Waals surface area (Å²) in [7, 11) is 0. The van der Waals surface area contributed by atoms with Crippen molar-refractivity contribution in [2.75, 3.05) is 0 Å². The van der Waals surface area contributed by atoms with Crippen LogP contribution in [0.15, 0.2) is 54.3 Å². The Morgan fingerprint density at radius 1 is 1.14 bits per heavy atom. The summed E-state index contributed by atoms with van der Waals surface area (Å²) < 4.78 is 4.89. The molecular formula is C12H10O2. The Bertz CT molecular complexity index is 388. The molecule has 1 aromatic carbocycles. The molecule has 0 amide bonds. The molecule has 0 fully saturated rings. The monoisotopic (exact) mass is 186 g/mol. The van der Waals surface area contributed by atoms with E-state index in [-0.39, 0.29) is 5.97 Å². The maximum Gasteiger partial charge on any atom is 0.336 e. The number of allylic oxidation sites excluding steroid dienone is 2. The van der Waals surface area contributed by atoms with E-state index in [1.54, 1.807) is 6.08 Å². The van der Waals surface area contributed by atoms with E-state index in [1.807, 2.05) is 36.4 Å². The van der Waals surface area contributed by atoms with Crippen molar-refractivity contribution in [1.29, 1.82) is 0 Å². The van der Waals surface area contributed by atoms with Gasteiger partial charge in [-0.1, -0.05) is 30.3 Å². The van der Waals surface area contributed by atoms with Crippen molar-refractivity contribution in [3.05, 3.63) is 59.9 Å². The van der Waals surface area contributed by atoms with Gasteiger partial charge in [-0.2, -0.15) is 0 Å². The van der Waals surface area contributed by atoms with E-state index < -0.39 is 0 Å². The second-order valence-electron chi connectivity index (χ2n) is 3.05. The lowest BCUT2D eigenvalue weighted by Gasteiger charge is -1.97. The van der Waals surface area contributed by atoms with Crippen LogP contribution in [0.1, 0.15) is 5.56 Å². The van der Waals surface area contributed by atoms with E-state index in [0.717, 1.165) is 6.42 Å². The summed E-state index contributed by atoms with van der Waals surface area (Å²) in [6.45, 7) is 0. The average Bonchev–Trinajstić information content (AvgIpc) is 2.63. The highest BCUT2D eigenvalue weighted by Crippen LogP contribution is 2.10. The molecule has 0 spiro atoms. The molecule has 0 saturated carbocycles. The number of cyclic esters (lactones) is 1. The topological polar surface area (TPSA) is 26.3 Å². The van der Waals surface area contributed by atoms with Gasteiger partial charge in [0, 0.05) is 6.08 Å². The van der Waals surface area contributed by atoms with Gasteiger partial charge in [0.05, 0.1) is 0 Å². The first-order valence-corrected chi connectivity index (χ1v) is 4.48. The average molecular weight is 186 g/mol. The summed E-state index contributed by atoms with van der Waals surface area (Å²) in [5.74, 6) is 0.350. The number of hydrogen-bond acceptors (Lipinski definition) is 2. The van der Waals surface area contributed by atoms with E-state index in [9.17, 15) is 4.79 Å². The summed E-state index contributed by atoms with van der Waals surface area (Å²) in [5.41, 5.74) is 1.20. The first-order valence-electron chi connectivity index (χ1n) is 4.48. The van der Waals surface area contributed by atoms with Crippen molar-refractivity contribution < 1.29 is 9.53 Å². The summed E-state index contributed by atoms with van der Waals surface area (Å²) in [5, 5.41) is 0. The van der Waals surface area contributed by atoms with Crippen LogP contribution in [0.2, 0.25) is 0 Å². The molecule has 0 N–H and O–H groups in total. The van der Waals surface area contributed by atoms with Crippen LogP contribution in [-0.2, 0) is 16.0 Å². The van der Waals surface area contributed by atoms with Gasteiger partial charge in [-0.25, -0.2) is 4.79 Å². The predicted molar refractivity (Wildman–Crippen MR) is 53.5 cm³/mol. The molecule has 2 rings (SSSR count). The lowest BCUT2D eigenvalue weighted by atomic mass is 10.1.